The molecule has 0 saturated carbocycles. The Morgan fingerprint density at radius 2 is 1.81 bits per heavy atom. The highest BCUT2D eigenvalue weighted by Crippen LogP contribution is 2.35. The third-order valence-corrected chi connectivity index (χ3v) is 5.94. The number of nitro benzene ring substituents is 1. The molecule has 4 rings (SSSR count). The fraction of sp³-hybridized carbons (Fsp3) is 0.300. The molecule has 2 aromatic rings. The largest absolute Gasteiger partial charge is 0.295 e. The van der Waals surface area contributed by atoms with Gasteiger partial charge in [-0.1, -0.05) is 36.4 Å². The minimum absolute atomic E-state index is 0.121. The van der Waals surface area contributed by atoms with Crippen LogP contribution in [0, 0.1) is 10.1 Å². The smallest absolute Gasteiger partial charge is 0.269 e. The van der Waals surface area contributed by atoms with Crippen molar-refractivity contribution in [1.29, 1.82) is 0 Å². The standard InChI is InChI=1S/C20H21N3O2S/c24-23(25)16-8-10-17(11-9-16)26-21-20-18-6-2-1-5-15(18)7-12-19(20)22-13-3-4-14-22/h1-2,5-12,19-21H,3-4,13-14H2/t19-,20-/m1/s1. The van der Waals surface area contributed by atoms with Crippen molar-refractivity contribution in [3.8, 4) is 0 Å². The second kappa shape index (κ2) is 7.61. The monoisotopic (exact) mass is 367 g/mol. The quantitative estimate of drug-likeness (QED) is 0.481. The molecule has 1 heterocycles. The van der Waals surface area contributed by atoms with E-state index in [1.54, 1.807) is 36.2 Å². The molecule has 2 aliphatic rings. The molecule has 0 aromatic heterocycles. The highest BCUT2D eigenvalue weighted by Gasteiger charge is 2.32. The molecule has 0 amide bonds. The van der Waals surface area contributed by atoms with Crippen LogP contribution in [0.5, 0.6) is 0 Å². The molecule has 1 N–H and O–H groups in total. The summed E-state index contributed by atoms with van der Waals surface area (Å²) < 4.78 is 3.62. The molecule has 1 aliphatic carbocycles. The molecule has 0 spiro atoms. The molecule has 2 aromatic carbocycles. The summed E-state index contributed by atoms with van der Waals surface area (Å²) in [5, 5.41) is 10.8. The van der Waals surface area contributed by atoms with Gasteiger partial charge in [-0.2, -0.15) is 0 Å². The number of fused-ring (bicyclic) bond motifs is 1. The van der Waals surface area contributed by atoms with Crippen LogP contribution in [0.1, 0.15) is 30.0 Å². The molecule has 1 fully saturated rings. The van der Waals surface area contributed by atoms with E-state index in [-0.39, 0.29) is 16.7 Å². The van der Waals surface area contributed by atoms with E-state index in [9.17, 15) is 10.1 Å². The van der Waals surface area contributed by atoms with Gasteiger partial charge >= 0.3 is 0 Å². The van der Waals surface area contributed by atoms with Crippen molar-refractivity contribution in [3.05, 3.63) is 75.8 Å². The zero-order chi connectivity index (χ0) is 17.9. The second-order valence-corrected chi connectivity index (χ2v) is 7.58. The highest BCUT2D eigenvalue weighted by atomic mass is 32.2. The summed E-state index contributed by atoms with van der Waals surface area (Å²) in [6.07, 6.45) is 7.05. The van der Waals surface area contributed by atoms with Crippen LogP contribution >= 0.6 is 11.9 Å². The third-order valence-electron chi connectivity index (χ3n) is 5.06. The first-order chi connectivity index (χ1) is 12.7. The number of nitrogens with zero attached hydrogens (tertiary/aromatic N) is 2. The van der Waals surface area contributed by atoms with Gasteiger partial charge in [-0.15, -0.1) is 0 Å². The Balaban J connectivity index is 1.54. The number of benzene rings is 2. The number of rotatable bonds is 5. The Bertz CT molecular complexity index is 816. The van der Waals surface area contributed by atoms with Gasteiger partial charge in [0.1, 0.15) is 0 Å². The SMILES string of the molecule is O=[N+]([O-])c1ccc(SN[C@@H]2c3ccccc3C=C[C@H]2N2CCCC2)cc1. The average molecular weight is 367 g/mol. The number of nitrogens with one attached hydrogen (secondary N) is 1. The Labute approximate surface area is 157 Å². The molecule has 0 unspecified atom stereocenters. The van der Waals surface area contributed by atoms with Crippen molar-refractivity contribution >= 4 is 23.7 Å². The second-order valence-electron chi connectivity index (χ2n) is 6.67. The van der Waals surface area contributed by atoms with Gasteiger partial charge in [0.05, 0.1) is 11.0 Å². The summed E-state index contributed by atoms with van der Waals surface area (Å²) in [5.41, 5.74) is 2.68. The van der Waals surface area contributed by atoms with Gasteiger partial charge in [-0.25, -0.2) is 0 Å². The van der Waals surface area contributed by atoms with Crippen LogP contribution in [-0.2, 0) is 0 Å². The van der Waals surface area contributed by atoms with E-state index < -0.39 is 0 Å². The van der Waals surface area contributed by atoms with E-state index in [1.807, 2.05) is 0 Å². The summed E-state index contributed by atoms with van der Waals surface area (Å²) in [6.45, 7) is 2.27. The molecule has 1 saturated heterocycles. The minimum Gasteiger partial charge on any atom is -0.295 e. The molecule has 6 heteroatoms. The molecule has 1 aliphatic heterocycles. The van der Waals surface area contributed by atoms with Crippen LogP contribution in [0.25, 0.3) is 6.08 Å². The fourth-order valence-electron chi connectivity index (χ4n) is 3.72. The molecule has 0 bridgehead atoms. The molecule has 0 radical (unpaired) electrons. The van der Waals surface area contributed by atoms with Crippen molar-refractivity contribution in [1.82, 2.24) is 9.62 Å². The van der Waals surface area contributed by atoms with Gasteiger partial charge in [0.25, 0.3) is 5.69 Å². The predicted octanol–water partition coefficient (Wildman–Crippen LogP) is 4.42. The van der Waals surface area contributed by atoms with E-state index in [2.05, 4.69) is 46.0 Å². The molecule has 26 heavy (non-hydrogen) atoms. The first kappa shape index (κ1) is 17.3. The van der Waals surface area contributed by atoms with E-state index >= 15 is 0 Å². The zero-order valence-electron chi connectivity index (χ0n) is 14.4. The van der Waals surface area contributed by atoms with Crippen LogP contribution in [-0.4, -0.2) is 29.0 Å². The van der Waals surface area contributed by atoms with Crippen LogP contribution < -0.4 is 4.72 Å². The molecular formula is C20H21N3O2S. The third kappa shape index (κ3) is 3.53. The predicted molar refractivity (Wildman–Crippen MR) is 105 cm³/mol. The average Bonchev–Trinajstić information content (AvgIpc) is 3.21. The number of hydrogen-bond donors (Lipinski definition) is 1. The van der Waals surface area contributed by atoms with Gasteiger partial charge in [-0.05, 0) is 61.1 Å². The normalized spacial score (nSPS) is 22.3. The maximum atomic E-state index is 10.8. The summed E-state index contributed by atoms with van der Waals surface area (Å²) in [5.74, 6) is 0. The van der Waals surface area contributed by atoms with Gasteiger partial charge in [0, 0.05) is 23.1 Å². The van der Waals surface area contributed by atoms with Crippen molar-refractivity contribution in [2.24, 2.45) is 0 Å². The number of nitro groups is 1. The Morgan fingerprint density at radius 3 is 2.54 bits per heavy atom. The van der Waals surface area contributed by atoms with Gasteiger partial charge in [-0.3, -0.25) is 19.7 Å². The highest BCUT2D eigenvalue weighted by molar-refractivity contribution is 7.97. The summed E-state index contributed by atoms with van der Waals surface area (Å²) in [7, 11) is 0. The summed E-state index contributed by atoms with van der Waals surface area (Å²) in [4.78, 5) is 14.0. The zero-order valence-corrected chi connectivity index (χ0v) is 15.2. The first-order valence-electron chi connectivity index (χ1n) is 8.90. The van der Waals surface area contributed by atoms with Crippen LogP contribution in [0.15, 0.2) is 59.5 Å². The van der Waals surface area contributed by atoms with Crippen molar-refractivity contribution < 1.29 is 4.92 Å². The Kier molecular flexibility index (Phi) is 5.06. The van der Waals surface area contributed by atoms with Gasteiger partial charge < -0.3 is 0 Å². The van der Waals surface area contributed by atoms with E-state index in [0.29, 0.717) is 6.04 Å². The molecular weight excluding hydrogens is 346 g/mol. The lowest BCUT2D eigenvalue weighted by Crippen LogP contribution is -2.42. The van der Waals surface area contributed by atoms with Crippen LogP contribution in [0.4, 0.5) is 5.69 Å². The Hall–Kier alpha value is -2.15. The topological polar surface area (TPSA) is 58.4 Å². The summed E-state index contributed by atoms with van der Waals surface area (Å²) >= 11 is 1.54. The van der Waals surface area contributed by atoms with E-state index in [4.69, 9.17) is 0 Å². The maximum Gasteiger partial charge on any atom is 0.269 e. The van der Waals surface area contributed by atoms with Crippen molar-refractivity contribution in [2.75, 3.05) is 13.1 Å². The fourth-order valence-corrected chi connectivity index (χ4v) is 4.52. The minimum atomic E-state index is -0.368. The first-order valence-corrected chi connectivity index (χ1v) is 9.72. The number of hydrogen-bond acceptors (Lipinski definition) is 5. The maximum absolute atomic E-state index is 10.8. The number of likely N-dealkylation sites (tertiary alicyclic amines) is 1. The molecule has 2 atom stereocenters. The van der Waals surface area contributed by atoms with Crippen LogP contribution in [0.3, 0.4) is 0 Å². The molecule has 5 nitrogen and oxygen atoms in total. The lowest BCUT2D eigenvalue weighted by molar-refractivity contribution is -0.384. The van der Waals surface area contributed by atoms with Crippen LogP contribution in [0.2, 0.25) is 0 Å². The van der Waals surface area contributed by atoms with Gasteiger partial charge in [0.2, 0.25) is 0 Å². The Morgan fingerprint density at radius 1 is 1.08 bits per heavy atom. The van der Waals surface area contributed by atoms with E-state index in [0.717, 1.165) is 18.0 Å². The van der Waals surface area contributed by atoms with Gasteiger partial charge in [0.15, 0.2) is 0 Å². The lowest BCUT2D eigenvalue weighted by atomic mass is 9.89. The van der Waals surface area contributed by atoms with Crippen molar-refractivity contribution in [2.45, 2.75) is 29.8 Å². The number of non-ortho nitro benzene ring substituents is 1. The lowest BCUT2D eigenvalue weighted by Gasteiger charge is -2.36. The molecule has 134 valence electrons. The summed E-state index contributed by atoms with van der Waals surface area (Å²) in [6, 6.07) is 15.7. The van der Waals surface area contributed by atoms with Crippen molar-refractivity contribution in [3.63, 3.8) is 0 Å². The van der Waals surface area contributed by atoms with E-state index in [1.165, 1.54) is 24.0 Å².